The monoisotopic (exact) mass is 542 g/mol. The van der Waals surface area contributed by atoms with Crippen LogP contribution in [0.2, 0.25) is 5.02 Å². The summed E-state index contributed by atoms with van der Waals surface area (Å²) in [5.74, 6) is 0.137. The van der Waals surface area contributed by atoms with E-state index in [0.717, 1.165) is 9.13 Å². The van der Waals surface area contributed by atoms with Gasteiger partial charge in [-0.25, -0.2) is 0 Å². The van der Waals surface area contributed by atoms with Crippen LogP contribution in [0, 0.1) is 3.57 Å². The molecule has 7 heteroatoms. The molecule has 0 spiro atoms. The van der Waals surface area contributed by atoms with Crippen molar-refractivity contribution in [2.75, 3.05) is 6.61 Å². The Bertz CT molecular complexity index is 865. The number of carbonyl (C=O) groups excluding carboxylic acids is 2. The van der Waals surface area contributed by atoms with Crippen molar-refractivity contribution in [1.29, 1.82) is 0 Å². The van der Waals surface area contributed by atoms with Gasteiger partial charge in [0.1, 0.15) is 11.8 Å². The minimum absolute atomic E-state index is 0.162. The first kappa shape index (κ1) is 24.5. The highest BCUT2D eigenvalue weighted by molar-refractivity contribution is 14.1. The summed E-state index contributed by atoms with van der Waals surface area (Å²) in [6.45, 7) is 7.70. The molecular weight excluding hydrogens is 515 g/mol. The molecule has 2 aromatic carbocycles. The number of ether oxygens (including phenoxy) is 1. The average Bonchev–Trinajstić information content (AvgIpc) is 2.67. The summed E-state index contributed by atoms with van der Waals surface area (Å²) in [4.78, 5) is 27.6. The summed E-state index contributed by atoms with van der Waals surface area (Å²) in [6.07, 6.45) is 0.474. The minimum Gasteiger partial charge on any atom is -0.484 e. The summed E-state index contributed by atoms with van der Waals surface area (Å²) in [6, 6.07) is 14.2. The quantitative estimate of drug-likeness (QED) is 0.475. The summed E-state index contributed by atoms with van der Waals surface area (Å²) < 4.78 is 6.77. The molecule has 30 heavy (non-hydrogen) atoms. The van der Waals surface area contributed by atoms with Crippen molar-refractivity contribution >= 4 is 46.0 Å². The number of nitrogens with one attached hydrogen (secondary N) is 1. The number of hydrogen-bond donors (Lipinski definition) is 1. The second-order valence-corrected chi connectivity index (χ2v) is 9.67. The maximum absolute atomic E-state index is 13.1. The van der Waals surface area contributed by atoms with Crippen molar-refractivity contribution in [1.82, 2.24) is 10.2 Å². The predicted octanol–water partition coefficient (Wildman–Crippen LogP) is 5.05. The molecule has 0 radical (unpaired) electrons. The molecule has 5 nitrogen and oxygen atoms in total. The predicted molar refractivity (Wildman–Crippen MR) is 129 cm³/mol. The van der Waals surface area contributed by atoms with E-state index in [4.69, 9.17) is 16.3 Å². The Morgan fingerprint density at radius 1 is 1.13 bits per heavy atom. The van der Waals surface area contributed by atoms with Crippen molar-refractivity contribution in [2.24, 2.45) is 0 Å². The maximum atomic E-state index is 13.1. The number of amides is 2. The number of rotatable bonds is 8. The molecule has 2 amide bonds. The molecule has 0 aliphatic heterocycles. The second kappa shape index (κ2) is 11.0. The van der Waals surface area contributed by atoms with Gasteiger partial charge in [-0.2, -0.15) is 0 Å². The first-order valence-corrected chi connectivity index (χ1v) is 11.3. The molecule has 0 unspecified atom stereocenters. The van der Waals surface area contributed by atoms with Crippen LogP contribution in [0.5, 0.6) is 5.75 Å². The molecule has 162 valence electrons. The fraction of sp³-hybridized carbons (Fsp3) is 0.391. The molecule has 0 saturated carbocycles. The molecule has 0 aliphatic rings. The third-order valence-electron chi connectivity index (χ3n) is 4.36. The fourth-order valence-corrected chi connectivity index (χ4v) is 3.50. The summed E-state index contributed by atoms with van der Waals surface area (Å²) in [5.41, 5.74) is 0.380. The molecule has 1 N–H and O–H groups in total. The second-order valence-electron chi connectivity index (χ2n) is 8.02. The number of nitrogens with zero attached hydrogens (tertiary/aromatic N) is 1. The van der Waals surface area contributed by atoms with Gasteiger partial charge in [-0.15, -0.1) is 0 Å². The Morgan fingerprint density at radius 2 is 1.77 bits per heavy atom. The van der Waals surface area contributed by atoms with Crippen molar-refractivity contribution in [3.8, 4) is 5.75 Å². The third kappa shape index (κ3) is 7.47. The van der Waals surface area contributed by atoms with Crippen LogP contribution in [0.1, 0.15) is 39.7 Å². The summed E-state index contributed by atoms with van der Waals surface area (Å²) in [5, 5.41) is 3.53. The molecule has 0 fully saturated rings. The van der Waals surface area contributed by atoms with Gasteiger partial charge in [0, 0.05) is 20.7 Å². The molecule has 2 rings (SSSR count). The summed E-state index contributed by atoms with van der Waals surface area (Å²) >= 11 is 8.53. The zero-order chi connectivity index (χ0) is 22.3. The lowest BCUT2D eigenvalue weighted by Crippen LogP contribution is -2.54. The van der Waals surface area contributed by atoms with Gasteiger partial charge in [0.15, 0.2) is 6.61 Å². The van der Waals surface area contributed by atoms with Crippen molar-refractivity contribution < 1.29 is 14.3 Å². The van der Waals surface area contributed by atoms with Gasteiger partial charge in [0.05, 0.1) is 0 Å². The normalized spacial score (nSPS) is 12.2. The van der Waals surface area contributed by atoms with E-state index in [1.165, 1.54) is 0 Å². The van der Waals surface area contributed by atoms with Gasteiger partial charge >= 0.3 is 0 Å². The molecule has 1 atom stereocenters. The highest BCUT2D eigenvalue weighted by Gasteiger charge is 2.31. The van der Waals surface area contributed by atoms with E-state index in [2.05, 4.69) is 27.9 Å². The van der Waals surface area contributed by atoms with E-state index in [9.17, 15) is 9.59 Å². The van der Waals surface area contributed by atoms with Gasteiger partial charge in [0.25, 0.3) is 5.91 Å². The van der Waals surface area contributed by atoms with Crippen LogP contribution in [-0.4, -0.2) is 34.9 Å². The molecule has 2 aromatic rings. The SMILES string of the molecule is CC[C@@H](C(=O)NC(C)(C)C)N(Cc1ccccc1Cl)C(=O)COc1ccc(I)cc1. The van der Waals surface area contributed by atoms with Crippen LogP contribution in [0.4, 0.5) is 0 Å². The highest BCUT2D eigenvalue weighted by atomic mass is 127. The van der Waals surface area contributed by atoms with E-state index >= 15 is 0 Å². The largest absolute Gasteiger partial charge is 0.484 e. The smallest absolute Gasteiger partial charge is 0.261 e. The minimum atomic E-state index is -0.631. The first-order valence-electron chi connectivity index (χ1n) is 9.84. The van der Waals surface area contributed by atoms with Gasteiger partial charge in [-0.05, 0) is 85.7 Å². The maximum Gasteiger partial charge on any atom is 0.261 e. The Morgan fingerprint density at radius 3 is 2.33 bits per heavy atom. The van der Waals surface area contributed by atoms with Crippen LogP contribution in [-0.2, 0) is 16.1 Å². The standard InChI is InChI=1S/C23H28ClIN2O3/c1-5-20(22(29)26-23(2,3)4)27(14-16-8-6-7-9-19(16)24)21(28)15-30-18-12-10-17(25)11-13-18/h6-13,20H,5,14-15H2,1-4H3,(H,26,29)/t20-/m0/s1. The van der Waals surface area contributed by atoms with Crippen LogP contribution in [0.25, 0.3) is 0 Å². The van der Waals surface area contributed by atoms with Crippen molar-refractivity contribution in [2.45, 2.75) is 52.2 Å². The van der Waals surface area contributed by atoms with Crippen LogP contribution in [0.3, 0.4) is 0 Å². The number of carbonyl (C=O) groups is 2. The Balaban J connectivity index is 2.24. The lowest BCUT2D eigenvalue weighted by molar-refractivity contribution is -0.143. The zero-order valence-electron chi connectivity index (χ0n) is 17.7. The summed E-state index contributed by atoms with van der Waals surface area (Å²) in [7, 11) is 0. The number of benzene rings is 2. The van der Waals surface area contributed by atoms with Crippen LogP contribution >= 0.6 is 34.2 Å². The van der Waals surface area contributed by atoms with E-state index in [0.29, 0.717) is 17.2 Å². The topological polar surface area (TPSA) is 58.6 Å². The number of halogens is 2. The molecule has 0 heterocycles. The molecule has 0 aliphatic carbocycles. The lowest BCUT2D eigenvalue weighted by Gasteiger charge is -2.33. The number of hydrogen-bond acceptors (Lipinski definition) is 3. The highest BCUT2D eigenvalue weighted by Crippen LogP contribution is 2.21. The molecule has 0 aromatic heterocycles. The van der Waals surface area contributed by atoms with Crippen molar-refractivity contribution in [3.63, 3.8) is 0 Å². The average molecular weight is 543 g/mol. The van der Waals surface area contributed by atoms with E-state index in [1.807, 2.05) is 70.2 Å². The van der Waals surface area contributed by atoms with E-state index in [-0.39, 0.29) is 25.0 Å². The molecule has 0 bridgehead atoms. The molecular formula is C23H28ClIN2O3. The molecule has 0 saturated heterocycles. The van der Waals surface area contributed by atoms with Crippen LogP contribution < -0.4 is 10.1 Å². The first-order chi connectivity index (χ1) is 14.1. The third-order valence-corrected chi connectivity index (χ3v) is 5.45. The lowest BCUT2D eigenvalue weighted by atomic mass is 10.1. The Kier molecular flexibility index (Phi) is 8.97. The fourth-order valence-electron chi connectivity index (χ4n) is 2.94. The van der Waals surface area contributed by atoms with E-state index in [1.54, 1.807) is 11.0 Å². The van der Waals surface area contributed by atoms with Gasteiger partial charge in [-0.3, -0.25) is 9.59 Å². The van der Waals surface area contributed by atoms with E-state index < -0.39 is 11.6 Å². The Labute approximate surface area is 197 Å². The van der Waals surface area contributed by atoms with Crippen molar-refractivity contribution in [3.05, 3.63) is 62.7 Å². The van der Waals surface area contributed by atoms with Gasteiger partial charge in [-0.1, -0.05) is 36.7 Å². The van der Waals surface area contributed by atoms with Crippen LogP contribution in [0.15, 0.2) is 48.5 Å². The van der Waals surface area contributed by atoms with Gasteiger partial charge < -0.3 is 15.0 Å². The Hall–Kier alpha value is -1.80. The zero-order valence-corrected chi connectivity index (χ0v) is 20.7. The van der Waals surface area contributed by atoms with Gasteiger partial charge in [0.2, 0.25) is 5.91 Å².